The molecule has 3 aromatic carbocycles. The number of phenols is 1. The highest BCUT2D eigenvalue weighted by molar-refractivity contribution is 6.42. The first-order chi connectivity index (χ1) is 18.9. The van der Waals surface area contributed by atoms with Crippen molar-refractivity contribution in [2.75, 3.05) is 12.4 Å². The summed E-state index contributed by atoms with van der Waals surface area (Å²) in [6.45, 7) is 1.42. The summed E-state index contributed by atoms with van der Waals surface area (Å²) < 4.78 is 4.91. The Morgan fingerprint density at radius 3 is 2.45 bits per heavy atom. The molecule has 0 aliphatic heterocycles. The second-order valence-corrected chi connectivity index (χ2v) is 9.75. The molecule has 4 rings (SSSR count). The highest BCUT2D eigenvalue weighted by atomic mass is 35.5. The Morgan fingerprint density at radius 1 is 1.12 bits per heavy atom. The molecule has 1 amide bonds. The van der Waals surface area contributed by atoms with Gasteiger partial charge in [0.2, 0.25) is 5.95 Å². The van der Waals surface area contributed by atoms with Crippen molar-refractivity contribution in [1.29, 1.82) is 0 Å². The van der Waals surface area contributed by atoms with Gasteiger partial charge in [0.25, 0.3) is 17.2 Å². The molecule has 40 heavy (non-hydrogen) atoms. The molecule has 0 unspecified atom stereocenters. The van der Waals surface area contributed by atoms with Crippen LogP contribution >= 0.6 is 23.2 Å². The van der Waals surface area contributed by atoms with Crippen molar-refractivity contribution in [3.63, 3.8) is 0 Å². The summed E-state index contributed by atoms with van der Waals surface area (Å²) in [7, 11) is 1.15. The lowest BCUT2D eigenvalue weighted by molar-refractivity contribution is -0.384. The molecule has 1 aromatic heterocycles. The number of carbonyl (C=O) groups excluding carboxylic acids is 2. The van der Waals surface area contributed by atoms with Crippen molar-refractivity contribution in [1.82, 2.24) is 15.3 Å². The van der Waals surface area contributed by atoms with E-state index in [0.717, 1.165) is 19.2 Å². The van der Waals surface area contributed by atoms with E-state index in [1.807, 2.05) is 0 Å². The van der Waals surface area contributed by atoms with Crippen molar-refractivity contribution in [2.24, 2.45) is 0 Å². The van der Waals surface area contributed by atoms with Gasteiger partial charge in [-0.2, -0.15) is 0 Å². The van der Waals surface area contributed by atoms with E-state index < -0.39 is 33.6 Å². The lowest BCUT2D eigenvalue weighted by atomic mass is 9.92. The van der Waals surface area contributed by atoms with Crippen LogP contribution in [0.5, 0.6) is 5.75 Å². The number of hydrogen-bond acceptors (Lipinski definition) is 9. The van der Waals surface area contributed by atoms with Crippen LogP contribution in [0, 0.1) is 10.1 Å². The third-order valence-electron chi connectivity index (χ3n) is 5.95. The first-order valence-electron chi connectivity index (χ1n) is 11.5. The molecular weight excluding hydrogens is 565 g/mol. The third-order valence-corrected chi connectivity index (χ3v) is 6.69. The summed E-state index contributed by atoms with van der Waals surface area (Å²) in [4.78, 5) is 57.0. The van der Waals surface area contributed by atoms with Crippen LogP contribution in [0.4, 0.5) is 17.3 Å². The number of nitrogens with zero attached hydrogens (tertiary/aromatic N) is 2. The number of nitro groups is 1. The summed E-state index contributed by atoms with van der Waals surface area (Å²) in [5, 5.41) is 26.9. The Balaban J connectivity index is 1.79. The Hall–Kier alpha value is -4.68. The smallest absolute Gasteiger partial charge is 0.331 e. The second-order valence-electron chi connectivity index (χ2n) is 8.94. The number of ether oxygens (including phenoxy) is 1. The number of rotatable bonds is 8. The van der Waals surface area contributed by atoms with Crippen LogP contribution in [0.2, 0.25) is 10.0 Å². The van der Waals surface area contributed by atoms with E-state index in [2.05, 4.69) is 20.6 Å². The van der Waals surface area contributed by atoms with Gasteiger partial charge >= 0.3 is 5.97 Å². The van der Waals surface area contributed by atoms with E-state index in [9.17, 15) is 29.6 Å². The predicted molar refractivity (Wildman–Crippen MR) is 148 cm³/mol. The molecule has 1 heterocycles. The average Bonchev–Trinajstić information content (AvgIpc) is 2.91. The van der Waals surface area contributed by atoms with Crippen LogP contribution in [0.15, 0.2) is 59.4 Å². The number of anilines is 2. The number of carbonyl (C=O) groups is 2. The van der Waals surface area contributed by atoms with Gasteiger partial charge in [-0.05, 0) is 42.8 Å². The molecule has 4 aromatic rings. The minimum atomic E-state index is -1.64. The molecule has 206 valence electrons. The van der Waals surface area contributed by atoms with E-state index in [-0.39, 0.29) is 39.6 Å². The van der Waals surface area contributed by atoms with E-state index in [1.54, 1.807) is 18.2 Å². The number of methoxy groups -OCH3 is 1. The standard InChI is InChI=1S/C26H21Cl2N5O7/c1-26(24(37)40-2,12-13-3-6-16(34)7-4-13)32-23(36)18-11-15(33(38)39)10-17-21(18)30-25(31-22(17)35)29-14-5-8-19(27)20(28)9-14/h3-11,34H,12H2,1-2H3,(H,32,36)(H2,29,30,31,35)/t26-/m1/s1. The molecule has 0 radical (unpaired) electrons. The van der Waals surface area contributed by atoms with Gasteiger partial charge < -0.3 is 20.5 Å². The predicted octanol–water partition coefficient (Wildman–Crippen LogP) is 4.49. The molecule has 12 nitrogen and oxygen atoms in total. The van der Waals surface area contributed by atoms with Gasteiger partial charge in [-0.15, -0.1) is 0 Å². The number of fused-ring (bicyclic) bond motifs is 1. The van der Waals surface area contributed by atoms with E-state index in [1.165, 1.54) is 31.2 Å². The number of nitro benzene ring substituents is 1. The Bertz CT molecular complexity index is 1710. The van der Waals surface area contributed by atoms with Crippen LogP contribution in [0.3, 0.4) is 0 Å². The average molecular weight is 586 g/mol. The van der Waals surface area contributed by atoms with Crippen LogP contribution in [0.1, 0.15) is 22.8 Å². The Labute approximate surface area is 236 Å². The van der Waals surface area contributed by atoms with Gasteiger partial charge in [0.15, 0.2) is 0 Å². The summed E-state index contributed by atoms with van der Waals surface area (Å²) in [6.07, 6.45) is -0.0449. The van der Waals surface area contributed by atoms with Crippen molar-refractivity contribution >= 4 is 63.3 Å². The number of hydrogen-bond donors (Lipinski definition) is 4. The summed E-state index contributed by atoms with van der Waals surface area (Å²) >= 11 is 12.0. The van der Waals surface area contributed by atoms with Gasteiger partial charge in [-0.25, -0.2) is 9.78 Å². The number of nitrogens with one attached hydrogen (secondary N) is 3. The number of aromatic hydroxyl groups is 1. The molecule has 0 saturated carbocycles. The fourth-order valence-electron chi connectivity index (χ4n) is 4.01. The molecule has 0 saturated heterocycles. The maximum atomic E-state index is 13.6. The van der Waals surface area contributed by atoms with Crippen molar-refractivity contribution < 1.29 is 24.4 Å². The second kappa shape index (κ2) is 11.2. The van der Waals surface area contributed by atoms with Crippen LogP contribution in [0.25, 0.3) is 10.9 Å². The van der Waals surface area contributed by atoms with Gasteiger partial charge in [-0.3, -0.25) is 24.7 Å². The maximum Gasteiger partial charge on any atom is 0.331 e. The number of aromatic amines is 1. The number of aromatic nitrogens is 2. The normalized spacial score (nSPS) is 12.4. The van der Waals surface area contributed by atoms with Gasteiger partial charge in [0.1, 0.15) is 11.3 Å². The molecule has 0 aliphatic rings. The molecule has 0 aliphatic carbocycles. The molecular formula is C26H21Cl2N5O7. The number of phenolic OH excluding ortho intramolecular Hbond substituents is 1. The number of H-pyrrole nitrogens is 1. The topological polar surface area (TPSA) is 177 Å². The van der Waals surface area contributed by atoms with Gasteiger partial charge in [-0.1, -0.05) is 35.3 Å². The van der Waals surface area contributed by atoms with Gasteiger partial charge in [0, 0.05) is 24.2 Å². The quantitative estimate of drug-likeness (QED) is 0.132. The zero-order valence-corrected chi connectivity index (χ0v) is 22.5. The third kappa shape index (κ3) is 5.98. The SMILES string of the molecule is COC(=O)[C@@](C)(Cc1ccc(O)cc1)NC(=O)c1cc([N+](=O)[O-])cc2c(=O)[nH]c(Nc3ccc(Cl)c(Cl)c3)nc12. The first-order valence-corrected chi connectivity index (χ1v) is 12.3. The Morgan fingerprint density at radius 2 is 1.82 bits per heavy atom. The minimum absolute atomic E-state index is 0.0113. The zero-order valence-electron chi connectivity index (χ0n) is 21.0. The highest BCUT2D eigenvalue weighted by Crippen LogP contribution is 2.28. The number of halogens is 2. The van der Waals surface area contributed by atoms with E-state index in [4.69, 9.17) is 27.9 Å². The largest absolute Gasteiger partial charge is 0.508 e. The summed E-state index contributed by atoms with van der Waals surface area (Å²) in [6, 6.07) is 12.5. The zero-order chi connectivity index (χ0) is 29.2. The first kappa shape index (κ1) is 28.3. The highest BCUT2D eigenvalue weighted by Gasteiger charge is 2.37. The minimum Gasteiger partial charge on any atom is -0.508 e. The van der Waals surface area contributed by atoms with Crippen LogP contribution < -0.4 is 16.2 Å². The summed E-state index contributed by atoms with van der Waals surface area (Å²) in [5.41, 5.74) is -2.42. The number of esters is 1. The monoisotopic (exact) mass is 585 g/mol. The molecule has 0 bridgehead atoms. The molecule has 4 N–H and O–H groups in total. The van der Waals surface area contributed by atoms with E-state index >= 15 is 0 Å². The Kier molecular flexibility index (Phi) is 7.93. The summed E-state index contributed by atoms with van der Waals surface area (Å²) in [5.74, 6) is -1.79. The molecule has 14 heteroatoms. The number of benzene rings is 3. The number of amides is 1. The fraction of sp³-hybridized carbons (Fsp3) is 0.154. The molecule has 0 fully saturated rings. The van der Waals surface area contributed by atoms with Crippen molar-refractivity contribution in [3.05, 3.63) is 96.2 Å². The number of non-ortho nitro benzene ring substituents is 1. The van der Waals surface area contributed by atoms with Crippen LogP contribution in [-0.2, 0) is 16.0 Å². The van der Waals surface area contributed by atoms with Crippen LogP contribution in [-0.4, -0.2) is 44.5 Å². The lowest BCUT2D eigenvalue weighted by Crippen LogP contribution is -2.54. The maximum absolute atomic E-state index is 13.6. The molecule has 1 atom stereocenters. The van der Waals surface area contributed by atoms with Gasteiger partial charge in [0.05, 0.1) is 38.5 Å². The van der Waals surface area contributed by atoms with E-state index in [0.29, 0.717) is 16.3 Å². The fourth-order valence-corrected chi connectivity index (χ4v) is 4.31. The molecule has 0 spiro atoms. The lowest BCUT2D eigenvalue weighted by Gasteiger charge is -2.28. The van der Waals surface area contributed by atoms with Crippen molar-refractivity contribution in [3.8, 4) is 5.75 Å². The van der Waals surface area contributed by atoms with Crippen molar-refractivity contribution in [2.45, 2.75) is 18.9 Å².